The zero-order valence-electron chi connectivity index (χ0n) is 11.6. The monoisotopic (exact) mass is 276 g/mol. The van der Waals surface area contributed by atoms with Crippen LogP contribution in [0.3, 0.4) is 0 Å². The van der Waals surface area contributed by atoms with Gasteiger partial charge < -0.3 is 16.2 Å². The molecule has 0 aliphatic heterocycles. The van der Waals surface area contributed by atoms with Gasteiger partial charge >= 0.3 is 5.97 Å². The predicted molar refractivity (Wildman–Crippen MR) is 76.2 cm³/mol. The maximum absolute atomic E-state index is 12.4. The number of carbonyl (C=O) groups excluding carboxylic acids is 1. The van der Waals surface area contributed by atoms with E-state index >= 15 is 0 Å². The first kappa shape index (κ1) is 14.4. The van der Waals surface area contributed by atoms with Gasteiger partial charge in [0.1, 0.15) is 0 Å². The van der Waals surface area contributed by atoms with E-state index < -0.39 is 11.4 Å². The van der Waals surface area contributed by atoms with Gasteiger partial charge in [0.25, 0.3) is 0 Å². The van der Waals surface area contributed by atoms with Gasteiger partial charge in [-0.2, -0.15) is 0 Å². The van der Waals surface area contributed by atoms with Crippen LogP contribution in [-0.4, -0.2) is 23.0 Å². The van der Waals surface area contributed by atoms with Crippen molar-refractivity contribution in [3.63, 3.8) is 0 Å². The number of carbonyl (C=O) groups is 2. The van der Waals surface area contributed by atoms with Crippen LogP contribution in [0.5, 0.6) is 0 Å². The van der Waals surface area contributed by atoms with Crippen molar-refractivity contribution in [2.24, 2.45) is 0 Å². The second-order valence-electron chi connectivity index (χ2n) is 5.51. The molecule has 5 nitrogen and oxygen atoms in total. The van der Waals surface area contributed by atoms with Crippen molar-refractivity contribution in [1.29, 1.82) is 0 Å². The summed E-state index contributed by atoms with van der Waals surface area (Å²) >= 11 is 0. The number of anilines is 1. The summed E-state index contributed by atoms with van der Waals surface area (Å²) in [7, 11) is 0. The summed E-state index contributed by atoms with van der Waals surface area (Å²) < 4.78 is 0. The number of nitrogens with two attached hydrogens (primary N) is 1. The second kappa shape index (κ2) is 5.53. The number of hydrogen-bond acceptors (Lipinski definition) is 3. The lowest BCUT2D eigenvalue weighted by atomic mass is 9.94. The standard InChI is InChI=1S/C15H20N2O3/c1-10(2-7-13(18)19)17-14(20)15(8-9-15)11-3-5-12(16)6-4-11/h3-6,10H,2,7-9,16H2,1H3,(H,17,20)(H,18,19). The van der Waals surface area contributed by atoms with Gasteiger partial charge in [-0.15, -0.1) is 0 Å². The van der Waals surface area contributed by atoms with Gasteiger partial charge in [-0.25, -0.2) is 0 Å². The maximum atomic E-state index is 12.4. The molecule has 1 fully saturated rings. The smallest absolute Gasteiger partial charge is 0.303 e. The highest BCUT2D eigenvalue weighted by Gasteiger charge is 2.51. The number of carboxylic acid groups (broad SMARTS) is 1. The summed E-state index contributed by atoms with van der Waals surface area (Å²) in [5.74, 6) is -0.856. The second-order valence-corrected chi connectivity index (χ2v) is 5.51. The van der Waals surface area contributed by atoms with Gasteiger partial charge in [0, 0.05) is 18.2 Å². The summed E-state index contributed by atoms with van der Waals surface area (Å²) in [5, 5.41) is 11.6. The fourth-order valence-electron chi connectivity index (χ4n) is 2.35. The van der Waals surface area contributed by atoms with E-state index in [1.54, 1.807) is 12.1 Å². The number of rotatable bonds is 6. The minimum Gasteiger partial charge on any atom is -0.481 e. The van der Waals surface area contributed by atoms with Crippen molar-refractivity contribution in [3.05, 3.63) is 29.8 Å². The highest BCUT2D eigenvalue weighted by Crippen LogP contribution is 2.48. The molecule has 4 N–H and O–H groups in total. The lowest BCUT2D eigenvalue weighted by Crippen LogP contribution is -2.40. The molecule has 108 valence electrons. The fourth-order valence-corrected chi connectivity index (χ4v) is 2.35. The largest absolute Gasteiger partial charge is 0.481 e. The summed E-state index contributed by atoms with van der Waals surface area (Å²) in [6.07, 6.45) is 2.16. The molecule has 0 aromatic heterocycles. The molecule has 0 heterocycles. The quantitative estimate of drug-likeness (QED) is 0.689. The van der Waals surface area contributed by atoms with E-state index in [0.29, 0.717) is 12.1 Å². The molecule has 1 aliphatic carbocycles. The Labute approximate surface area is 118 Å². The van der Waals surface area contributed by atoms with Crippen molar-refractivity contribution < 1.29 is 14.7 Å². The zero-order chi connectivity index (χ0) is 14.8. The van der Waals surface area contributed by atoms with Crippen molar-refractivity contribution in [1.82, 2.24) is 5.32 Å². The third-order valence-corrected chi connectivity index (χ3v) is 3.82. The molecule has 1 amide bonds. The molecule has 0 spiro atoms. The zero-order valence-corrected chi connectivity index (χ0v) is 11.6. The summed E-state index contributed by atoms with van der Waals surface area (Å²) in [6, 6.07) is 7.26. The Morgan fingerprint density at radius 3 is 2.45 bits per heavy atom. The van der Waals surface area contributed by atoms with Crippen LogP contribution in [0.2, 0.25) is 0 Å². The Bertz CT molecular complexity index is 506. The Morgan fingerprint density at radius 2 is 1.95 bits per heavy atom. The first-order valence-corrected chi connectivity index (χ1v) is 6.83. The molecule has 0 radical (unpaired) electrons. The molecule has 1 aromatic carbocycles. The molecular weight excluding hydrogens is 256 g/mol. The molecule has 1 saturated carbocycles. The van der Waals surface area contributed by atoms with Crippen LogP contribution in [0, 0.1) is 0 Å². The van der Waals surface area contributed by atoms with E-state index in [0.717, 1.165) is 18.4 Å². The molecular formula is C15H20N2O3. The minimum absolute atomic E-state index is 0.0137. The minimum atomic E-state index is -0.842. The SMILES string of the molecule is CC(CCC(=O)O)NC(=O)C1(c2ccc(N)cc2)CC1. The van der Waals surface area contributed by atoms with Crippen LogP contribution in [0.15, 0.2) is 24.3 Å². The number of aliphatic carboxylic acids is 1. The van der Waals surface area contributed by atoms with Crippen LogP contribution in [0.4, 0.5) is 5.69 Å². The van der Waals surface area contributed by atoms with Crippen molar-refractivity contribution in [3.8, 4) is 0 Å². The van der Waals surface area contributed by atoms with Gasteiger partial charge in [-0.3, -0.25) is 9.59 Å². The van der Waals surface area contributed by atoms with Crippen LogP contribution in [-0.2, 0) is 15.0 Å². The summed E-state index contributed by atoms with van der Waals surface area (Å²) in [6.45, 7) is 1.83. The molecule has 2 rings (SSSR count). The number of nitrogens with one attached hydrogen (secondary N) is 1. The normalized spacial score (nSPS) is 17.2. The molecule has 0 bridgehead atoms. The van der Waals surface area contributed by atoms with Crippen molar-refractivity contribution in [2.45, 2.75) is 44.1 Å². The van der Waals surface area contributed by atoms with Gasteiger partial charge in [0.05, 0.1) is 5.41 Å². The number of hydrogen-bond donors (Lipinski definition) is 3. The molecule has 5 heteroatoms. The lowest BCUT2D eigenvalue weighted by Gasteiger charge is -2.19. The Kier molecular flexibility index (Phi) is 3.97. The Hall–Kier alpha value is -2.04. The molecule has 1 unspecified atom stereocenters. The van der Waals surface area contributed by atoms with Crippen LogP contribution < -0.4 is 11.1 Å². The Balaban J connectivity index is 1.98. The Morgan fingerprint density at radius 1 is 1.35 bits per heavy atom. The molecule has 0 saturated heterocycles. The van der Waals surface area contributed by atoms with E-state index in [2.05, 4.69) is 5.32 Å². The molecule has 1 aromatic rings. The number of amides is 1. The predicted octanol–water partition coefficient (Wildman–Crippen LogP) is 1.67. The highest BCUT2D eigenvalue weighted by atomic mass is 16.4. The van der Waals surface area contributed by atoms with Gasteiger partial charge in [0.15, 0.2) is 0 Å². The van der Waals surface area contributed by atoms with Crippen LogP contribution in [0.25, 0.3) is 0 Å². The third kappa shape index (κ3) is 3.10. The average Bonchev–Trinajstić information content (AvgIpc) is 3.18. The average molecular weight is 276 g/mol. The van der Waals surface area contributed by atoms with E-state index in [9.17, 15) is 9.59 Å². The topological polar surface area (TPSA) is 92.4 Å². The van der Waals surface area contributed by atoms with Crippen molar-refractivity contribution in [2.75, 3.05) is 5.73 Å². The maximum Gasteiger partial charge on any atom is 0.303 e. The van der Waals surface area contributed by atoms with E-state index in [1.165, 1.54) is 0 Å². The summed E-state index contributed by atoms with van der Waals surface area (Å²) in [4.78, 5) is 22.9. The first-order valence-electron chi connectivity index (χ1n) is 6.83. The van der Waals surface area contributed by atoms with Gasteiger partial charge in [-0.05, 0) is 43.9 Å². The van der Waals surface area contributed by atoms with E-state index in [1.807, 2.05) is 19.1 Å². The first-order chi connectivity index (χ1) is 9.44. The molecule has 1 aliphatic rings. The molecule has 1 atom stereocenters. The number of benzene rings is 1. The number of carboxylic acids is 1. The van der Waals surface area contributed by atoms with Gasteiger partial charge in [-0.1, -0.05) is 12.1 Å². The number of nitrogen functional groups attached to an aromatic ring is 1. The highest BCUT2D eigenvalue weighted by molar-refractivity contribution is 5.91. The summed E-state index contributed by atoms with van der Waals surface area (Å²) in [5.41, 5.74) is 6.88. The lowest BCUT2D eigenvalue weighted by molar-refractivity contribution is -0.137. The van der Waals surface area contributed by atoms with Crippen LogP contribution in [0.1, 0.15) is 38.2 Å². The van der Waals surface area contributed by atoms with Gasteiger partial charge in [0.2, 0.25) is 5.91 Å². The van der Waals surface area contributed by atoms with Crippen molar-refractivity contribution >= 4 is 17.6 Å². The fraction of sp³-hybridized carbons (Fsp3) is 0.467. The van der Waals surface area contributed by atoms with Crippen LogP contribution >= 0.6 is 0 Å². The van der Waals surface area contributed by atoms with E-state index in [-0.39, 0.29) is 18.4 Å². The molecule has 20 heavy (non-hydrogen) atoms. The van der Waals surface area contributed by atoms with E-state index in [4.69, 9.17) is 10.8 Å². The third-order valence-electron chi connectivity index (χ3n) is 3.82.